The smallest absolute Gasteiger partial charge is 0.376 e. The van der Waals surface area contributed by atoms with Gasteiger partial charge < -0.3 is 20.1 Å². The summed E-state index contributed by atoms with van der Waals surface area (Å²) >= 11 is 5.82. The van der Waals surface area contributed by atoms with Gasteiger partial charge in [0.25, 0.3) is 16.1 Å². The summed E-state index contributed by atoms with van der Waals surface area (Å²) in [6, 6.07) is 16.7. The molecule has 2 aromatic carbocycles. The minimum Gasteiger partial charge on any atom is -0.496 e. The van der Waals surface area contributed by atoms with Crippen LogP contribution in [0.4, 0.5) is 5.95 Å². The van der Waals surface area contributed by atoms with Crippen molar-refractivity contribution in [1.29, 1.82) is 0 Å². The van der Waals surface area contributed by atoms with Crippen LogP contribution in [0.2, 0.25) is 5.28 Å². The Balaban J connectivity index is 1.32. The third-order valence-electron chi connectivity index (χ3n) is 7.27. The van der Waals surface area contributed by atoms with Crippen LogP contribution in [0.3, 0.4) is 0 Å². The van der Waals surface area contributed by atoms with E-state index in [1.54, 1.807) is 18.2 Å². The molecule has 1 saturated carbocycles. The number of hydrogen-bond donors (Lipinski definition) is 4. The van der Waals surface area contributed by atoms with E-state index in [1.165, 1.54) is 14.2 Å². The van der Waals surface area contributed by atoms with Gasteiger partial charge in [0.15, 0.2) is 0 Å². The summed E-state index contributed by atoms with van der Waals surface area (Å²) in [4.78, 5) is 36.2. The van der Waals surface area contributed by atoms with Crippen LogP contribution in [-0.2, 0) is 20.4 Å². The van der Waals surface area contributed by atoms with Gasteiger partial charge in [0.2, 0.25) is 17.1 Å². The van der Waals surface area contributed by atoms with E-state index in [-0.39, 0.29) is 47.5 Å². The maximum atomic E-state index is 13.1. The number of carbonyl (C=O) groups excluding carboxylic acids is 2. The molecule has 3 aromatic rings. The van der Waals surface area contributed by atoms with Crippen molar-refractivity contribution in [3.8, 4) is 5.75 Å². The maximum absolute atomic E-state index is 13.1. The molecule has 1 aliphatic rings. The number of esters is 1. The Morgan fingerprint density at radius 3 is 2.37 bits per heavy atom. The second-order valence-electron chi connectivity index (χ2n) is 9.99. The molecule has 1 aromatic heterocycles. The Kier molecular flexibility index (Phi) is 10.9. The Bertz CT molecular complexity index is 1520. The molecule has 4 rings (SSSR count). The minimum atomic E-state index is -3.82. The molecule has 0 radical (unpaired) electrons. The second-order valence-corrected chi connectivity index (χ2v) is 11.9. The fraction of sp³-hybridized carbons (Fsp3) is 0.393. The molecule has 0 atom stereocenters. The minimum absolute atomic E-state index is 0.00916. The molecule has 1 aliphatic carbocycles. The fourth-order valence-electron chi connectivity index (χ4n) is 5.06. The molecule has 0 spiro atoms. The number of ether oxygens (including phenoxy) is 2. The first kappa shape index (κ1) is 32.1. The SMILES string of the molecule is COC(=O)c1nc(Cl)nc(NCCNS(=O)(=O)NC2CCC(CNC(=O)c3ccccc3OC)(c3ccccc3)CC2)n1. The van der Waals surface area contributed by atoms with Crippen molar-refractivity contribution < 1.29 is 27.5 Å². The average Bonchev–Trinajstić information content (AvgIpc) is 3.02. The lowest BCUT2D eigenvalue weighted by atomic mass is 9.68. The number of benzene rings is 2. The number of aromatic nitrogens is 3. The number of carbonyl (C=O) groups is 2. The molecular formula is C28H34ClN7O6S. The summed E-state index contributed by atoms with van der Waals surface area (Å²) in [7, 11) is -1.11. The fourth-order valence-corrected chi connectivity index (χ4v) is 6.35. The van der Waals surface area contributed by atoms with E-state index in [0.717, 1.165) is 5.56 Å². The lowest BCUT2D eigenvalue weighted by Crippen LogP contribution is -2.49. The third-order valence-corrected chi connectivity index (χ3v) is 8.66. The molecule has 1 amide bonds. The van der Waals surface area contributed by atoms with Gasteiger partial charge in [-0.1, -0.05) is 42.5 Å². The Morgan fingerprint density at radius 2 is 1.67 bits per heavy atom. The first-order valence-electron chi connectivity index (χ1n) is 13.6. The predicted octanol–water partition coefficient (Wildman–Crippen LogP) is 2.47. The monoisotopic (exact) mass is 631 g/mol. The van der Waals surface area contributed by atoms with Crippen molar-refractivity contribution in [3.63, 3.8) is 0 Å². The van der Waals surface area contributed by atoms with Crippen LogP contribution in [0.5, 0.6) is 5.75 Å². The van der Waals surface area contributed by atoms with Crippen LogP contribution in [0, 0.1) is 0 Å². The van der Waals surface area contributed by atoms with Crippen molar-refractivity contribution in [2.45, 2.75) is 37.1 Å². The second kappa shape index (κ2) is 14.6. The number of hydrogen-bond acceptors (Lipinski definition) is 10. The van der Waals surface area contributed by atoms with Gasteiger partial charge in [-0.2, -0.15) is 28.1 Å². The Hall–Kier alpha value is -3.85. The molecular weight excluding hydrogens is 598 g/mol. The topological polar surface area (TPSA) is 174 Å². The van der Waals surface area contributed by atoms with Gasteiger partial charge in [-0.05, 0) is 55.0 Å². The van der Waals surface area contributed by atoms with Crippen molar-refractivity contribution in [2.75, 3.05) is 39.2 Å². The number of rotatable bonds is 13. The zero-order chi connectivity index (χ0) is 30.9. The lowest BCUT2D eigenvalue weighted by Gasteiger charge is -2.41. The van der Waals surface area contributed by atoms with E-state index in [2.05, 4.69) is 39.8 Å². The summed E-state index contributed by atoms with van der Waals surface area (Å²) in [5.74, 6) is -0.767. The van der Waals surface area contributed by atoms with Gasteiger partial charge in [-0.25, -0.2) is 9.52 Å². The quantitative estimate of drug-likeness (QED) is 0.162. The summed E-state index contributed by atoms with van der Waals surface area (Å²) < 4.78 is 40.7. The number of para-hydroxylation sites is 1. The highest BCUT2D eigenvalue weighted by atomic mass is 35.5. The molecule has 1 heterocycles. The number of nitrogens with zero attached hydrogens (tertiary/aromatic N) is 3. The van der Waals surface area contributed by atoms with Crippen LogP contribution in [0.1, 0.15) is 52.2 Å². The number of methoxy groups -OCH3 is 2. The van der Waals surface area contributed by atoms with Crippen molar-refractivity contribution >= 4 is 39.6 Å². The first-order valence-corrected chi connectivity index (χ1v) is 15.5. The zero-order valence-corrected chi connectivity index (χ0v) is 25.4. The zero-order valence-electron chi connectivity index (χ0n) is 23.8. The molecule has 1 fully saturated rings. The standard InChI is InChI=1S/C28H34ClN7O6S/c1-41-22-11-7-6-10-21(22)24(37)31-18-28(19-8-4-3-5-9-19)14-12-20(13-15-28)36-43(39,40)32-17-16-30-27-34-23(25(38)42-2)33-26(29)35-27/h3-11,20,32,36H,12-18H2,1-2H3,(H,31,37)(H,30,33,34,35). The first-order chi connectivity index (χ1) is 20.6. The molecule has 13 nitrogen and oxygen atoms in total. The average molecular weight is 632 g/mol. The molecule has 0 bridgehead atoms. The predicted molar refractivity (Wildman–Crippen MR) is 160 cm³/mol. The number of amides is 1. The molecule has 4 N–H and O–H groups in total. The summed E-state index contributed by atoms with van der Waals surface area (Å²) in [5, 5.41) is 5.68. The van der Waals surface area contributed by atoms with E-state index in [4.69, 9.17) is 16.3 Å². The summed E-state index contributed by atoms with van der Waals surface area (Å²) in [6.45, 7) is 0.535. The van der Waals surface area contributed by atoms with Gasteiger partial charge in [-0.3, -0.25) is 4.79 Å². The number of halogens is 1. The van der Waals surface area contributed by atoms with E-state index < -0.39 is 16.2 Å². The number of nitrogens with one attached hydrogen (secondary N) is 4. The highest BCUT2D eigenvalue weighted by Gasteiger charge is 2.38. The van der Waals surface area contributed by atoms with Gasteiger partial charge in [0.05, 0.1) is 19.8 Å². The number of anilines is 1. The summed E-state index contributed by atoms with van der Waals surface area (Å²) in [5.41, 5.74) is 1.19. The van der Waals surface area contributed by atoms with E-state index in [9.17, 15) is 18.0 Å². The van der Waals surface area contributed by atoms with Crippen molar-refractivity contribution in [1.82, 2.24) is 29.7 Å². The molecule has 0 saturated heterocycles. The highest BCUT2D eigenvalue weighted by Crippen LogP contribution is 2.39. The molecule has 230 valence electrons. The summed E-state index contributed by atoms with van der Waals surface area (Å²) in [6.07, 6.45) is 2.50. The van der Waals surface area contributed by atoms with Gasteiger partial charge in [0.1, 0.15) is 5.75 Å². The molecule has 0 aliphatic heterocycles. The molecule has 15 heteroatoms. The normalized spacial score (nSPS) is 18.4. The molecule has 0 unspecified atom stereocenters. The van der Waals surface area contributed by atoms with Crippen LogP contribution in [-0.4, -0.2) is 75.1 Å². The van der Waals surface area contributed by atoms with Crippen molar-refractivity contribution in [2.24, 2.45) is 0 Å². The van der Waals surface area contributed by atoms with Crippen molar-refractivity contribution in [3.05, 3.63) is 76.8 Å². The Labute approximate surface area is 255 Å². The van der Waals surface area contributed by atoms with E-state index in [1.807, 2.05) is 36.4 Å². The Morgan fingerprint density at radius 1 is 0.977 bits per heavy atom. The van der Waals surface area contributed by atoms with Gasteiger partial charge in [0, 0.05) is 31.1 Å². The van der Waals surface area contributed by atoms with Crippen LogP contribution < -0.4 is 24.8 Å². The molecule has 43 heavy (non-hydrogen) atoms. The van der Waals surface area contributed by atoms with E-state index >= 15 is 0 Å². The van der Waals surface area contributed by atoms with Crippen LogP contribution in [0.25, 0.3) is 0 Å². The van der Waals surface area contributed by atoms with E-state index in [0.29, 0.717) is 43.5 Å². The maximum Gasteiger partial charge on any atom is 0.376 e. The highest BCUT2D eigenvalue weighted by molar-refractivity contribution is 7.87. The van der Waals surface area contributed by atoms with Crippen LogP contribution in [0.15, 0.2) is 54.6 Å². The third kappa shape index (κ3) is 8.60. The largest absolute Gasteiger partial charge is 0.496 e. The van der Waals surface area contributed by atoms with Gasteiger partial charge >= 0.3 is 5.97 Å². The van der Waals surface area contributed by atoms with Crippen LogP contribution >= 0.6 is 11.6 Å². The van der Waals surface area contributed by atoms with Gasteiger partial charge in [-0.15, -0.1) is 0 Å². The lowest BCUT2D eigenvalue weighted by molar-refractivity contribution is 0.0586.